The molecule has 4 rings (SSSR count). The number of benzene rings is 4. The van der Waals surface area contributed by atoms with Gasteiger partial charge >= 0.3 is 0 Å². The standard InChI is InChI=1S/C21H16/c1-3-14-8-5-12-18-19-13-7-10-15-9-6-11-17(21(15)19)16(4-2)20(14)18/h3-13H,1H2,2H3. The molecule has 0 fully saturated rings. The van der Waals surface area contributed by atoms with Gasteiger partial charge in [-0.2, -0.15) is 0 Å². The predicted octanol–water partition coefficient (Wildman–Crippen LogP) is 5.31. The number of fused-ring (bicyclic) bond motifs is 2. The highest BCUT2D eigenvalue weighted by Gasteiger charge is 2.10. The monoisotopic (exact) mass is 268 g/mol. The third kappa shape index (κ3) is 1.56. The van der Waals surface area contributed by atoms with Gasteiger partial charge in [0.2, 0.25) is 0 Å². The van der Waals surface area contributed by atoms with Gasteiger partial charge in [0.1, 0.15) is 0 Å². The van der Waals surface area contributed by atoms with E-state index in [9.17, 15) is 0 Å². The van der Waals surface area contributed by atoms with Crippen LogP contribution in [0.5, 0.6) is 0 Å². The average molecular weight is 268 g/mol. The first kappa shape index (κ1) is 12.2. The molecule has 0 aliphatic carbocycles. The molecule has 0 N–H and O–H groups in total. The Morgan fingerprint density at radius 1 is 0.762 bits per heavy atom. The highest BCUT2D eigenvalue weighted by Crippen LogP contribution is 2.32. The van der Waals surface area contributed by atoms with Crippen LogP contribution in [0, 0.1) is 0 Å². The first-order valence-electron chi connectivity index (χ1n) is 7.29. The van der Waals surface area contributed by atoms with Crippen molar-refractivity contribution < 1.29 is 0 Å². The van der Waals surface area contributed by atoms with Gasteiger partial charge in [-0.1, -0.05) is 73.3 Å². The molecule has 0 unspecified atom stereocenters. The third-order valence-electron chi connectivity index (χ3n) is 4.36. The normalized spacial score (nSPS) is 12.5. The van der Waals surface area contributed by atoms with Crippen LogP contribution in [0.15, 0.2) is 61.2 Å². The van der Waals surface area contributed by atoms with Crippen LogP contribution in [0.3, 0.4) is 0 Å². The highest BCUT2D eigenvalue weighted by atomic mass is 14.1. The van der Waals surface area contributed by atoms with Crippen LogP contribution in [0.4, 0.5) is 0 Å². The molecule has 0 bridgehead atoms. The maximum absolute atomic E-state index is 3.99. The van der Waals surface area contributed by atoms with Crippen molar-refractivity contribution in [3.05, 3.63) is 72.0 Å². The van der Waals surface area contributed by atoms with Crippen molar-refractivity contribution in [3.63, 3.8) is 0 Å². The quantitative estimate of drug-likeness (QED) is 0.324. The van der Waals surface area contributed by atoms with E-state index in [-0.39, 0.29) is 0 Å². The summed E-state index contributed by atoms with van der Waals surface area (Å²) in [5.74, 6) is 0. The first-order valence-corrected chi connectivity index (χ1v) is 7.29. The van der Waals surface area contributed by atoms with Crippen molar-refractivity contribution >= 4 is 44.5 Å². The lowest BCUT2D eigenvalue weighted by Crippen LogP contribution is -2.06. The van der Waals surface area contributed by atoms with E-state index in [1.54, 1.807) is 0 Å². The van der Waals surface area contributed by atoms with E-state index in [1.165, 1.54) is 43.1 Å². The Labute approximate surface area is 124 Å². The molecule has 100 valence electrons. The SMILES string of the molecule is C=Cc1cccc2c1c(=CC)c1cccc3cccc2c31. The van der Waals surface area contributed by atoms with Gasteiger partial charge in [-0.15, -0.1) is 0 Å². The molecule has 0 heterocycles. The van der Waals surface area contributed by atoms with Gasteiger partial charge in [0.25, 0.3) is 0 Å². The largest absolute Gasteiger partial charge is 0.0984 e. The van der Waals surface area contributed by atoms with Crippen molar-refractivity contribution in [2.45, 2.75) is 6.92 Å². The minimum Gasteiger partial charge on any atom is -0.0984 e. The lowest BCUT2D eigenvalue weighted by Gasteiger charge is -2.12. The van der Waals surface area contributed by atoms with Gasteiger partial charge in [-0.25, -0.2) is 0 Å². The second-order valence-electron chi connectivity index (χ2n) is 5.39. The van der Waals surface area contributed by atoms with Crippen LogP contribution in [0.2, 0.25) is 0 Å². The van der Waals surface area contributed by atoms with Gasteiger partial charge in [0.15, 0.2) is 0 Å². The van der Waals surface area contributed by atoms with Crippen LogP contribution in [0.25, 0.3) is 44.5 Å². The second-order valence-corrected chi connectivity index (χ2v) is 5.39. The Kier molecular flexibility index (Phi) is 2.58. The van der Waals surface area contributed by atoms with Crippen molar-refractivity contribution in [2.75, 3.05) is 0 Å². The zero-order valence-electron chi connectivity index (χ0n) is 12.1. The first-order chi connectivity index (χ1) is 10.3. The summed E-state index contributed by atoms with van der Waals surface area (Å²) in [7, 11) is 0. The van der Waals surface area contributed by atoms with Crippen LogP contribution in [-0.2, 0) is 0 Å². The van der Waals surface area contributed by atoms with Crippen molar-refractivity contribution in [2.24, 2.45) is 0 Å². The number of rotatable bonds is 1. The zero-order valence-corrected chi connectivity index (χ0v) is 12.1. The molecule has 0 radical (unpaired) electrons. The van der Waals surface area contributed by atoms with Crippen LogP contribution < -0.4 is 5.22 Å². The molecular formula is C21H16. The fraction of sp³-hybridized carbons (Fsp3) is 0.0476. The maximum atomic E-state index is 3.99. The fourth-order valence-corrected chi connectivity index (χ4v) is 3.49. The van der Waals surface area contributed by atoms with Gasteiger partial charge in [-0.3, -0.25) is 0 Å². The molecule has 0 spiro atoms. The molecule has 4 aromatic carbocycles. The summed E-state index contributed by atoms with van der Waals surface area (Å²) in [5, 5.41) is 9.25. The molecule has 0 aromatic heterocycles. The molecule has 21 heavy (non-hydrogen) atoms. The molecule has 0 atom stereocenters. The van der Waals surface area contributed by atoms with Gasteiger partial charge < -0.3 is 0 Å². The summed E-state index contributed by atoms with van der Waals surface area (Å²) in [6.07, 6.45) is 4.17. The Morgan fingerprint density at radius 2 is 1.38 bits per heavy atom. The van der Waals surface area contributed by atoms with E-state index in [0.717, 1.165) is 0 Å². The highest BCUT2D eigenvalue weighted by molar-refractivity contribution is 6.22. The molecule has 0 amide bonds. The molecule has 0 saturated heterocycles. The van der Waals surface area contributed by atoms with Gasteiger partial charge in [0.05, 0.1) is 0 Å². The fourth-order valence-electron chi connectivity index (χ4n) is 3.49. The van der Waals surface area contributed by atoms with E-state index in [0.29, 0.717) is 0 Å². The molecule has 0 saturated carbocycles. The van der Waals surface area contributed by atoms with Crippen LogP contribution >= 0.6 is 0 Å². The Balaban J connectivity index is 2.51. The van der Waals surface area contributed by atoms with E-state index in [1.807, 2.05) is 6.08 Å². The van der Waals surface area contributed by atoms with Crippen LogP contribution in [0.1, 0.15) is 12.5 Å². The second kappa shape index (κ2) is 4.46. The maximum Gasteiger partial charge on any atom is -0.00265 e. The molecule has 4 aromatic rings. The summed E-state index contributed by atoms with van der Waals surface area (Å²) in [6.45, 7) is 6.10. The Hall–Kier alpha value is -2.60. The average Bonchev–Trinajstić information content (AvgIpc) is 2.55. The molecule has 0 nitrogen and oxygen atoms in total. The summed E-state index contributed by atoms with van der Waals surface area (Å²) >= 11 is 0. The van der Waals surface area contributed by atoms with Crippen molar-refractivity contribution in [1.29, 1.82) is 0 Å². The molecule has 0 aliphatic heterocycles. The van der Waals surface area contributed by atoms with Gasteiger partial charge in [-0.05, 0) is 50.0 Å². The summed E-state index contributed by atoms with van der Waals surface area (Å²) < 4.78 is 0. The smallest absolute Gasteiger partial charge is 0.00265 e. The minimum atomic E-state index is 1.20. The van der Waals surface area contributed by atoms with E-state index in [2.05, 4.69) is 74.2 Å². The molecular weight excluding hydrogens is 252 g/mol. The lowest BCUT2D eigenvalue weighted by molar-refractivity contribution is 1.69. The van der Waals surface area contributed by atoms with Crippen molar-refractivity contribution in [3.8, 4) is 0 Å². The number of hydrogen-bond donors (Lipinski definition) is 0. The Morgan fingerprint density at radius 3 is 2.05 bits per heavy atom. The summed E-state index contributed by atoms with van der Waals surface area (Å²) in [6, 6.07) is 19.6. The summed E-state index contributed by atoms with van der Waals surface area (Å²) in [4.78, 5) is 0. The predicted molar refractivity (Wildman–Crippen MR) is 94.4 cm³/mol. The lowest BCUT2D eigenvalue weighted by atomic mass is 9.91. The van der Waals surface area contributed by atoms with Gasteiger partial charge in [0, 0.05) is 0 Å². The minimum absolute atomic E-state index is 1.20. The summed E-state index contributed by atoms with van der Waals surface area (Å²) in [5.41, 5.74) is 1.20. The van der Waals surface area contributed by atoms with E-state index >= 15 is 0 Å². The van der Waals surface area contributed by atoms with E-state index in [4.69, 9.17) is 0 Å². The third-order valence-corrected chi connectivity index (χ3v) is 4.36. The zero-order chi connectivity index (χ0) is 14.4. The molecule has 0 aliphatic rings. The van der Waals surface area contributed by atoms with Crippen LogP contribution in [-0.4, -0.2) is 0 Å². The Bertz CT molecular complexity index is 1050. The van der Waals surface area contributed by atoms with Crippen molar-refractivity contribution in [1.82, 2.24) is 0 Å². The topological polar surface area (TPSA) is 0 Å². The molecule has 0 heteroatoms. The number of hydrogen-bond acceptors (Lipinski definition) is 0. The van der Waals surface area contributed by atoms with E-state index < -0.39 is 0 Å².